The lowest BCUT2D eigenvalue weighted by atomic mass is 10.0. The molecule has 0 radical (unpaired) electrons. The van der Waals surface area contributed by atoms with E-state index in [0.717, 1.165) is 22.0 Å². The van der Waals surface area contributed by atoms with Gasteiger partial charge in [0, 0.05) is 17.1 Å². The van der Waals surface area contributed by atoms with E-state index >= 15 is 0 Å². The molecule has 1 N–H and O–H groups in total. The zero-order valence-corrected chi connectivity index (χ0v) is 8.91. The lowest BCUT2D eigenvalue weighted by molar-refractivity contribution is 0.240. The van der Waals surface area contributed by atoms with E-state index in [1.807, 2.05) is 34.9 Å². The molecule has 2 heterocycles. The first kappa shape index (κ1) is 9.82. The smallest absolute Gasteiger partial charge is 0.168 e. The largest absolute Gasteiger partial charge is 0.376 e. The standard InChI is InChI=1S/C13H9N3O/c1-2-12(17)10-4-3-5-11-9(10)6-7-16-8-14-15-13(11)16/h1,3-8,12,17H. The van der Waals surface area contributed by atoms with Crippen LogP contribution in [0.25, 0.3) is 16.4 Å². The van der Waals surface area contributed by atoms with E-state index in [4.69, 9.17) is 6.42 Å². The Hall–Kier alpha value is -2.38. The molecule has 0 aliphatic carbocycles. The average Bonchev–Trinajstić information content (AvgIpc) is 2.85. The van der Waals surface area contributed by atoms with Crippen molar-refractivity contribution in [1.82, 2.24) is 14.6 Å². The van der Waals surface area contributed by atoms with Gasteiger partial charge in [-0.2, -0.15) is 0 Å². The summed E-state index contributed by atoms with van der Waals surface area (Å²) in [4.78, 5) is 0. The molecule has 17 heavy (non-hydrogen) atoms. The Bertz CT molecular complexity index is 739. The summed E-state index contributed by atoms with van der Waals surface area (Å²) in [5.74, 6) is 2.33. The molecule has 0 bridgehead atoms. The van der Waals surface area contributed by atoms with Gasteiger partial charge in [-0.1, -0.05) is 24.1 Å². The van der Waals surface area contributed by atoms with Crippen molar-refractivity contribution < 1.29 is 5.11 Å². The normalized spacial score (nSPS) is 12.7. The molecule has 0 saturated heterocycles. The van der Waals surface area contributed by atoms with Crippen molar-refractivity contribution in [2.75, 3.05) is 0 Å². The van der Waals surface area contributed by atoms with Crippen molar-refractivity contribution >= 4 is 16.4 Å². The lowest BCUT2D eigenvalue weighted by Gasteiger charge is -2.08. The minimum Gasteiger partial charge on any atom is -0.376 e. The van der Waals surface area contributed by atoms with Gasteiger partial charge in [0.25, 0.3) is 0 Å². The highest BCUT2D eigenvalue weighted by Gasteiger charge is 2.10. The number of benzene rings is 1. The Balaban J connectivity index is 2.44. The fraction of sp³-hybridized carbons (Fsp3) is 0.0769. The number of nitrogens with zero attached hydrogens (tertiary/aromatic N) is 3. The van der Waals surface area contributed by atoms with Crippen LogP contribution in [0.3, 0.4) is 0 Å². The summed E-state index contributed by atoms with van der Waals surface area (Å²) in [6, 6.07) is 7.51. The molecule has 1 unspecified atom stereocenters. The summed E-state index contributed by atoms with van der Waals surface area (Å²) in [5.41, 5.74) is 1.48. The third-order valence-electron chi connectivity index (χ3n) is 2.81. The molecule has 0 aliphatic heterocycles. The first-order valence-corrected chi connectivity index (χ1v) is 5.16. The van der Waals surface area contributed by atoms with Gasteiger partial charge in [0.1, 0.15) is 12.4 Å². The van der Waals surface area contributed by atoms with Crippen molar-refractivity contribution in [1.29, 1.82) is 0 Å². The Morgan fingerprint density at radius 1 is 1.29 bits per heavy atom. The van der Waals surface area contributed by atoms with Crippen LogP contribution in [0.2, 0.25) is 0 Å². The number of aliphatic hydroxyl groups excluding tert-OH is 1. The number of rotatable bonds is 1. The first-order chi connectivity index (χ1) is 8.31. The highest BCUT2D eigenvalue weighted by atomic mass is 16.3. The zero-order valence-electron chi connectivity index (χ0n) is 8.91. The third-order valence-corrected chi connectivity index (χ3v) is 2.81. The van der Waals surface area contributed by atoms with E-state index in [2.05, 4.69) is 16.1 Å². The maximum Gasteiger partial charge on any atom is 0.168 e. The third kappa shape index (κ3) is 1.37. The highest BCUT2D eigenvalue weighted by Crippen LogP contribution is 2.26. The molecule has 4 heteroatoms. The molecule has 0 aliphatic rings. The number of terminal acetylenes is 1. The Morgan fingerprint density at radius 2 is 2.18 bits per heavy atom. The van der Waals surface area contributed by atoms with Crippen molar-refractivity contribution in [3.63, 3.8) is 0 Å². The van der Waals surface area contributed by atoms with Crippen molar-refractivity contribution in [3.05, 3.63) is 42.4 Å². The second kappa shape index (κ2) is 3.58. The van der Waals surface area contributed by atoms with Gasteiger partial charge >= 0.3 is 0 Å². The van der Waals surface area contributed by atoms with E-state index in [-0.39, 0.29) is 0 Å². The van der Waals surface area contributed by atoms with Crippen molar-refractivity contribution in [2.24, 2.45) is 0 Å². The van der Waals surface area contributed by atoms with Gasteiger partial charge in [-0.25, -0.2) is 0 Å². The van der Waals surface area contributed by atoms with Crippen LogP contribution >= 0.6 is 0 Å². The first-order valence-electron chi connectivity index (χ1n) is 5.16. The van der Waals surface area contributed by atoms with E-state index in [9.17, 15) is 5.11 Å². The van der Waals surface area contributed by atoms with Crippen LogP contribution < -0.4 is 0 Å². The van der Waals surface area contributed by atoms with E-state index < -0.39 is 6.10 Å². The van der Waals surface area contributed by atoms with Gasteiger partial charge < -0.3 is 5.11 Å². The van der Waals surface area contributed by atoms with E-state index in [0.29, 0.717) is 0 Å². The summed E-state index contributed by atoms with van der Waals surface area (Å²) in [7, 11) is 0. The van der Waals surface area contributed by atoms with Crippen molar-refractivity contribution in [2.45, 2.75) is 6.10 Å². The quantitative estimate of drug-likeness (QED) is 0.637. The van der Waals surface area contributed by atoms with E-state index in [1.54, 1.807) is 6.33 Å². The minimum absolute atomic E-state index is 0.718. The maximum absolute atomic E-state index is 9.77. The molecule has 0 amide bonds. The van der Waals surface area contributed by atoms with Crippen LogP contribution in [0.4, 0.5) is 0 Å². The van der Waals surface area contributed by atoms with Gasteiger partial charge in [0.2, 0.25) is 0 Å². The van der Waals surface area contributed by atoms with Crippen LogP contribution in [0.15, 0.2) is 36.8 Å². The molecule has 2 aromatic heterocycles. The Kier molecular flexibility index (Phi) is 2.07. The number of hydrogen-bond donors (Lipinski definition) is 1. The fourth-order valence-corrected chi connectivity index (χ4v) is 1.99. The second-order valence-corrected chi connectivity index (χ2v) is 3.76. The van der Waals surface area contributed by atoms with Crippen LogP contribution in [-0.4, -0.2) is 19.7 Å². The predicted molar refractivity (Wildman–Crippen MR) is 64.3 cm³/mol. The van der Waals surface area contributed by atoms with E-state index in [1.165, 1.54) is 0 Å². The molecule has 82 valence electrons. The molecular formula is C13H9N3O. The number of aromatic nitrogens is 3. The highest BCUT2D eigenvalue weighted by molar-refractivity contribution is 5.96. The van der Waals surface area contributed by atoms with Gasteiger partial charge in [-0.05, 0) is 11.5 Å². The van der Waals surface area contributed by atoms with Crippen LogP contribution in [-0.2, 0) is 0 Å². The monoisotopic (exact) mass is 223 g/mol. The van der Waals surface area contributed by atoms with Crippen LogP contribution in [0.5, 0.6) is 0 Å². The Morgan fingerprint density at radius 3 is 3.00 bits per heavy atom. The molecular weight excluding hydrogens is 214 g/mol. The average molecular weight is 223 g/mol. The number of fused-ring (bicyclic) bond motifs is 3. The SMILES string of the molecule is C#CC(O)c1cccc2c1ccn1cnnc21. The number of pyridine rings is 1. The summed E-state index contributed by atoms with van der Waals surface area (Å²) >= 11 is 0. The van der Waals surface area contributed by atoms with Crippen LogP contribution in [0, 0.1) is 12.3 Å². The lowest BCUT2D eigenvalue weighted by Crippen LogP contribution is -1.96. The number of hydrogen-bond acceptors (Lipinski definition) is 3. The fourth-order valence-electron chi connectivity index (χ4n) is 1.99. The van der Waals surface area contributed by atoms with Gasteiger partial charge in [-0.3, -0.25) is 4.40 Å². The van der Waals surface area contributed by atoms with Gasteiger partial charge in [0.15, 0.2) is 5.65 Å². The summed E-state index contributed by atoms with van der Waals surface area (Å²) in [6.45, 7) is 0. The number of aliphatic hydroxyl groups is 1. The van der Waals surface area contributed by atoms with Gasteiger partial charge in [0.05, 0.1) is 0 Å². The second-order valence-electron chi connectivity index (χ2n) is 3.76. The molecule has 0 fully saturated rings. The molecule has 1 aromatic carbocycles. The molecule has 0 spiro atoms. The predicted octanol–water partition coefficient (Wildman–Crippen LogP) is 1.55. The minimum atomic E-state index is -0.899. The molecule has 1 atom stereocenters. The molecule has 3 rings (SSSR count). The molecule has 3 aromatic rings. The van der Waals surface area contributed by atoms with Crippen LogP contribution in [0.1, 0.15) is 11.7 Å². The topological polar surface area (TPSA) is 50.4 Å². The maximum atomic E-state index is 9.77. The summed E-state index contributed by atoms with van der Waals surface area (Å²) in [5, 5.41) is 19.5. The van der Waals surface area contributed by atoms with Crippen molar-refractivity contribution in [3.8, 4) is 12.3 Å². The van der Waals surface area contributed by atoms with Gasteiger partial charge in [-0.15, -0.1) is 16.6 Å². The Labute approximate surface area is 97.5 Å². The molecule has 4 nitrogen and oxygen atoms in total. The summed E-state index contributed by atoms with van der Waals surface area (Å²) < 4.78 is 1.83. The molecule has 0 saturated carbocycles. The summed E-state index contributed by atoms with van der Waals surface area (Å²) in [6.07, 6.45) is 7.85. The zero-order chi connectivity index (χ0) is 11.8.